The Morgan fingerprint density at radius 1 is 1.21 bits per heavy atom. The first-order valence-corrected chi connectivity index (χ1v) is 10.1. The normalized spacial score (nSPS) is 14.7. The lowest BCUT2D eigenvalue weighted by atomic mass is 10.1. The first-order valence-electron chi connectivity index (χ1n) is 10.1. The SMILES string of the molecule is CC(C)CN(c1cc(C(=O)Nc2ccc3[nH]ccc3c2)ncn1)C1CCCC1. The molecule has 1 aliphatic rings. The van der Waals surface area contributed by atoms with Crippen LogP contribution < -0.4 is 10.2 Å². The van der Waals surface area contributed by atoms with Gasteiger partial charge in [-0.3, -0.25) is 4.79 Å². The summed E-state index contributed by atoms with van der Waals surface area (Å²) in [5.41, 5.74) is 2.20. The summed E-state index contributed by atoms with van der Waals surface area (Å²) in [7, 11) is 0. The quantitative estimate of drug-likeness (QED) is 0.658. The predicted molar refractivity (Wildman–Crippen MR) is 113 cm³/mol. The van der Waals surface area contributed by atoms with E-state index in [1.54, 1.807) is 0 Å². The summed E-state index contributed by atoms with van der Waals surface area (Å²) in [4.78, 5) is 27.0. The Morgan fingerprint density at radius 3 is 2.82 bits per heavy atom. The van der Waals surface area contributed by atoms with Crippen molar-refractivity contribution in [3.63, 3.8) is 0 Å². The Balaban J connectivity index is 1.55. The Hall–Kier alpha value is -2.89. The third-order valence-electron chi connectivity index (χ3n) is 5.32. The molecule has 146 valence electrons. The van der Waals surface area contributed by atoms with Gasteiger partial charge in [0.2, 0.25) is 0 Å². The van der Waals surface area contributed by atoms with Gasteiger partial charge in [0, 0.05) is 41.4 Å². The second kappa shape index (κ2) is 8.00. The van der Waals surface area contributed by atoms with E-state index in [0.29, 0.717) is 17.7 Å². The van der Waals surface area contributed by atoms with Crippen LogP contribution >= 0.6 is 0 Å². The van der Waals surface area contributed by atoms with Gasteiger partial charge in [0.25, 0.3) is 5.91 Å². The van der Waals surface area contributed by atoms with Crippen molar-refractivity contribution in [1.82, 2.24) is 15.0 Å². The van der Waals surface area contributed by atoms with Crippen molar-refractivity contribution >= 4 is 28.3 Å². The Morgan fingerprint density at radius 2 is 2.04 bits per heavy atom. The molecule has 28 heavy (non-hydrogen) atoms. The Bertz CT molecular complexity index is 958. The summed E-state index contributed by atoms with van der Waals surface area (Å²) >= 11 is 0. The fraction of sp³-hybridized carbons (Fsp3) is 0.409. The molecule has 1 amide bonds. The third-order valence-corrected chi connectivity index (χ3v) is 5.32. The van der Waals surface area contributed by atoms with Crippen LogP contribution in [0.25, 0.3) is 10.9 Å². The number of carbonyl (C=O) groups is 1. The molecule has 6 nitrogen and oxygen atoms in total. The van der Waals surface area contributed by atoms with E-state index in [0.717, 1.165) is 29.0 Å². The van der Waals surface area contributed by atoms with E-state index >= 15 is 0 Å². The van der Waals surface area contributed by atoms with E-state index < -0.39 is 0 Å². The molecule has 2 N–H and O–H groups in total. The van der Waals surface area contributed by atoms with Crippen LogP contribution in [0, 0.1) is 5.92 Å². The van der Waals surface area contributed by atoms with Crippen molar-refractivity contribution in [2.75, 3.05) is 16.8 Å². The summed E-state index contributed by atoms with van der Waals surface area (Å²) < 4.78 is 0. The predicted octanol–water partition coefficient (Wildman–Crippen LogP) is 4.62. The van der Waals surface area contributed by atoms with Crippen molar-refractivity contribution in [2.24, 2.45) is 5.92 Å². The first-order chi connectivity index (χ1) is 13.6. The summed E-state index contributed by atoms with van der Waals surface area (Å²) in [6.07, 6.45) is 8.30. The lowest BCUT2D eigenvalue weighted by molar-refractivity contribution is 0.102. The van der Waals surface area contributed by atoms with Crippen LogP contribution in [-0.2, 0) is 0 Å². The van der Waals surface area contributed by atoms with E-state index in [1.807, 2.05) is 36.5 Å². The van der Waals surface area contributed by atoms with Gasteiger partial charge in [-0.2, -0.15) is 0 Å². The van der Waals surface area contributed by atoms with Gasteiger partial charge in [0.1, 0.15) is 17.8 Å². The molecule has 2 aromatic heterocycles. The largest absolute Gasteiger partial charge is 0.361 e. The standard InChI is InChI=1S/C22H27N5O/c1-15(2)13-27(18-5-3-4-6-18)21-12-20(24-14-25-21)22(28)26-17-7-8-19-16(11-17)9-10-23-19/h7-12,14-15,18,23H,3-6,13H2,1-2H3,(H,26,28). The first kappa shape index (κ1) is 18.5. The molecule has 0 radical (unpaired) electrons. The number of aromatic nitrogens is 3. The molecule has 1 aromatic carbocycles. The molecular weight excluding hydrogens is 350 g/mol. The number of benzene rings is 1. The fourth-order valence-corrected chi connectivity index (χ4v) is 3.99. The highest BCUT2D eigenvalue weighted by Crippen LogP contribution is 2.28. The van der Waals surface area contributed by atoms with Crippen molar-refractivity contribution in [1.29, 1.82) is 0 Å². The zero-order valence-corrected chi connectivity index (χ0v) is 16.5. The number of H-pyrrole nitrogens is 1. The Labute approximate surface area is 165 Å². The molecular formula is C22H27N5O. The molecule has 2 heterocycles. The number of carbonyl (C=O) groups excluding carboxylic acids is 1. The van der Waals surface area contributed by atoms with Crippen LogP contribution in [0.3, 0.4) is 0 Å². The minimum Gasteiger partial charge on any atom is -0.361 e. The van der Waals surface area contributed by atoms with E-state index in [1.165, 1.54) is 32.0 Å². The summed E-state index contributed by atoms with van der Waals surface area (Å²) in [5.74, 6) is 1.16. The van der Waals surface area contributed by atoms with Crippen molar-refractivity contribution < 1.29 is 4.79 Å². The molecule has 3 aromatic rings. The minimum atomic E-state index is -0.213. The molecule has 0 atom stereocenters. The summed E-state index contributed by atoms with van der Waals surface area (Å²) in [6.45, 7) is 5.37. The highest BCUT2D eigenvalue weighted by atomic mass is 16.1. The molecule has 6 heteroatoms. The van der Waals surface area contributed by atoms with Gasteiger partial charge in [-0.25, -0.2) is 9.97 Å². The van der Waals surface area contributed by atoms with Gasteiger partial charge in [-0.15, -0.1) is 0 Å². The summed E-state index contributed by atoms with van der Waals surface area (Å²) in [6, 6.07) is 10.1. The number of hydrogen-bond acceptors (Lipinski definition) is 4. The number of nitrogens with zero attached hydrogens (tertiary/aromatic N) is 3. The fourth-order valence-electron chi connectivity index (χ4n) is 3.99. The lowest BCUT2D eigenvalue weighted by Crippen LogP contribution is -2.37. The zero-order chi connectivity index (χ0) is 19.5. The number of aromatic amines is 1. The molecule has 0 saturated heterocycles. The van der Waals surface area contributed by atoms with Crippen molar-refractivity contribution in [2.45, 2.75) is 45.6 Å². The zero-order valence-electron chi connectivity index (χ0n) is 16.5. The molecule has 0 unspecified atom stereocenters. The molecule has 1 aliphatic carbocycles. The van der Waals surface area contributed by atoms with Crippen LogP contribution in [0.2, 0.25) is 0 Å². The second-order valence-corrected chi connectivity index (χ2v) is 7.98. The Kier molecular flexibility index (Phi) is 5.28. The number of anilines is 2. The van der Waals surface area contributed by atoms with Gasteiger partial charge in [0.05, 0.1) is 0 Å². The smallest absolute Gasteiger partial charge is 0.274 e. The molecule has 0 bridgehead atoms. The maximum Gasteiger partial charge on any atom is 0.274 e. The van der Waals surface area contributed by atoms with Crippen LogP contribution in [0.1, 0.15) is 50.0 Å². The van der Waals surface area contributed by atoms with E-state index in [9.17, 15) is 4.79 Å². The van der Waals surface area contributed by atoms with Gasteiger partial charge in [0.15, 0.2) is 0 Å². The average molecular weight is 377 g/mol. The number of hydrogen-bond donors (Lipinski definition) is 2. The highest BCUT2D eigenvalue weighted by Gasteiger charge is 2.25. The van der Waals surface area contributed by atoms with Gasteiger partial charge >= 0.3 is 0 Å². The van der Waals surface area contributed by atoms with Gasteiger partial charge in [-0.1, -0.05) is 26.7 Å². The lowest BCUT2D eigenvalue weighted by Gasteiger charge is -2.31. The maximum atomic E-state index is 12.8. The van der Waals surface area contributed by atoms with Crippen molar-refractivity contribution in [3.05, 3.63) is 48.5 Å². The van der Waals surface area contributed by atoms with E-state index in [2.05, 4.69) is 39.0 Å². The number of rotatable bonds is 6. The topological polar surface area (TPSA) is 73.9 Å². The van der Waals surface area contributed by atoms with Crippen LogP contribution in [0.5, 0.6) is 0 Å². The van der Waals surface area contributed by atoms with Crippen LogP contribution in [0.15, 0.2) is 42.9 Å². The molecule has 1 fully saturated rings. The number of amides is 1. The monoisotopic (exact) mass is 377 g/mol. The van der Waals surface area contributed by atoms with Crippen LogP contribution in [0.4, 0.5) is 11.5 Å². The summed E-state index contributed by atoms with van der Waals surface area (Å²) in [5, 5.41) is 4.02. The van der Waals surface area contributed by atoms with E-state index in [4.69, 9.17) is 0 Å². The number of fused-ring (bicyclic) bond motifs is 1. The molecule has 1 saturated carbocycles. The third kappa shape index (κ3) is 4.01. The number of nitrogens with one attached hydrogen (secondary N) is 2. The molecule has 0 spiro atoms. The van der Waals surface area contributed by atoms with Gasteiger partial charge in [-0.05, 0) is 43.0 Å². The van der Waals surface area contributed by atoms with Gasteiger partial charge < -0.3 is 15.2 Å². The minimum absolute atomic E-state index is 0.213. The maximum absolute atomic E-state index is 12.8. The molecule has 0 aliphatic heterocycles. The second-order valence-electron chi connectivity index (χ2n) is 7.98. The van der Waals surface area contributed by atoms with Crippen LogP contribution in [-0.4, -0.2) is 33.4 Å². The average Bonchev–Trinajstić information content (AvgIpc) is 3.37. The van der Waals surface area contributed by atoms with E-state index in [-0.39, 0.29) is 5.91 Å². The van der Waals surface area contributed by atoms with Crippen molar-refractivity contribution in [3.8, 4) is 0 Å². The highest BCUT2D eigenvalue weighted by molar-refractivity contribution is 6.04. The molecule has 4 rings (SSSR count).